The van der Waals surface area contributed by atoms with Crippen molar-refractivity contribution < 1.29 is 4.39 Å². The third-order valence-corrected chi connectivity index (χ3v) is 2.25. The first kappa shape index (κ1) is 9.86. The van der Waals surface area contributed by atoms with Crippen LogP contribution in [0.2, 0.25) is 0 Å². The highest BCUT2D eigenvalue weighted by Gasteiger charge is 2.11. The first-order valence-corrected chi connectivity index (χ1v) is 4.66. The Bertz CT molecular complexity index is 464. The van der Waals surface area contributed by atoms with Crippen LogP contribution in [-0.2, 0) is 7.05 Å². The van der Waals surface area contributed by atoms with E-state index in [-0.39, 0.29) is 11.9 Å². The Morgan fingerprint density at radius 2 is 2.27 bits per heavy atom. The molecular formula is C11H12FN3. The molecule has 15 heavy (non-hydrogen) atoms. The van der Waals surface area contributed by atoms with Crippen molar-refractivity contribution in [2.24, 2.45) is 12.8 Å². The maximum atomic E-state index is 13.0. The molecule has 2 N–H and O–H groups in total. The second-order valence-corrected chi connectivity index (χ2v) is 3.50. The second-order valence-electron chi connectivity index (χ2n) is 3.50. The Hall–Kier alpha value is -1.68. The predicted molar refractivity (Wildman–Crippen MR) is 55.6 cm³/mol. The van der Waals surface area contributed by atoms with E-state index in [9.17, 15) is 4.39 Å². The Morgan fingerprint density at radius 3 is 2.87 bits per heavy atom. The van der Waals surface area contributed by atoms with Gasteiger partial charge in [0.2, 0.25) is 0 Å². The summed E-state index contributed by atoms with van der Waals surface area (Å²) in [5.41, 5.74) is 7.43. The van der Waals surface area contributed by atoms with Gasteiger partial charge in [-0.15, -0.1) is 0 Å². The third-order valence-electron chi connectivity index (χ3n) is 2.25. The molecule has 4 heteroatoms. The van der Waals surface area contributed by atoms with Gasteiger partial charge in [-0.1, -0.05) is 12.1 Å². The summed E-state index contributed by atoms with van der Waals surface area (Å²) in [6.45, 7) is 0. The zero-order valence-corrected chi connectivity index (χ0v) is 8.39. The lowest BCUT2D eigenvalue weighted by molar-refractivity contribution is 0.623. The van der Waals surface area contributed by atoms with Crippen molar-refractivity contribution in [3.8, 4) is 0 Å². The minimum atomic E-state index is -0.373. The molecule has 0 bridgehead atoms. The van der Waals surface area contributed by atoms with Gasteiger partial charge in [0, 0.05) is 13.2 Å². The summed E-state index contributed by atoms with van der Waals surface area (Å²) in [5, 5.41) is 0. The molecule has 0 radical (unpaired) electrons. The van der Waals surface area contributed by atoms with Gasteiger partial charge >= 0.3 is 0 Å². The molecule has 0 amide bonds. The van der Waals surface area contributed by atoms with E-state index in [1.165, 1.54) is 12.1 Å². The topological polar surface area (TPSA) is 43.8 Å². The summed E-state index contributed by atoms with van der Waals surface area (Å²) in [5.74, 6) is -0.279. The van der Waals surface area contributed by atoms with Crippen molar-refractivity contribution in [2.75, 3.05) is 0 Å². The molecule has 0 aliphatic heterocycles. The maximum Gasteiger partial charge on any atom is 0.123 e. The maximum absolute atomic E-state index is 13.0. The molecule has 0 aliphatic carbocycles. The van der Waals surface area contributed by atoms with E-state index in [0.717, 1.165) is 11.3 Å². The van der Waals surface area contributed by atoms with Crippen LogP contribution in [0.5, 0.6) is 0 Å². The Kier molecular flexibility index (Phi) is 2.51. The summed E-state index contributed by atoms with van der Waals surface area (Å²) in [6, 6.07) is 5.89. The van der Waals surface area contributed by atoms with E-state index in [4.69, 9.17) is 5.73 Å². The third kappa shape index (κ3) is 2.05. The number of aromatic nitrogens is 2. The van der Waals surface area contributed by atoms with Crippen molar-refractivity contribution in [3.63, 3.8) is 0 Å². The molecule has 0 fully saturated rings. The molecule has 2 aromatic rings. The average Bonchev–Trinajstić information content (AvgIpc) is 2.64. The van der Waals surface area contributed by atoms with Crippen LogP contribution in [0.1, 0.15) is 17.3 Å². The van der Waals surface area contributed by atoms with Crippen molar-refractivity contribution in [1.82, 2.24) is 9.55 Å². The van der Waals surface area contributed by atoms with Crippen LogP contribution in [0.4, 0.5) is 4.39 Å². The first-order valence-electron chi connectivity index (χ1n) is 4.66. The van der Waals surface area contributed by atoms with Gasteiger partial charge in [0.1, 0.15) is 5.82 Å². The van der Waals surface area contributed by atoms with Gasteiger partial charge in [-0.05, 0) is 17.7 Å². The number of hydrogen-bond donors (Lipinski definition) is 1. The van der Waals surface area contributed by atoms with E-state index < -0.39 is 0 Å². The summed E-state index contributed by atoms with van der Waals surface area (Å²) >= 11 is 0. The van der Waals surface area contributed by atoms with Crippen LogP contribution in [0.3, 0.4) is 0 Å². The van der Waals surface area contributed by atoms with E-state index in [1.807, 2.05) is 17.8 Å². The normalized spacial score (nSPS) is 12.7. The standard InChI is InChI=1S/C11H12FN3/c1-15-6-10(14-7-15)11(13)8-3-2-4-9(12)5-8/h2-7,11H,13H2,1H3. The van der Waals surface area contributed by atoms with Gasteiger partial charge in [-0.3, -0.25) is 0 Å². The fraction of sp³-hybridized carbons (Fsp3) is 0.182. The zero-order valence-electron chi connectivity index (χ0n) is 8.39. The number of nitrogens with zero attached hydrogens (tertiary/aromatic N) is 2. The number of imidazole rings is 1. The molecule has 0 spiro atoms. The Labute approximate surface area is 87.4 Å². The lowest BCUT2D eigenvalue weighted by atomic mass is 10.1. The van der Waals surface area contributed by atoms with Crippen molar-refractivity contribution in [2.45, 2.75) is 6.04 Å². The zero-order chi connectivity index (χ0) is 10.8. The number of nitrogens with two attached hydrogens (primary N) is 1. The smallest absolute Gasteiger partial charge is 0.123 e. The summed E-state index contributed by atoms with van der Waals surface area (Å²) < 4.78 is 14.8. The number of rotatable bonds is 2. The SMILES string of the molecule is Cn1cnc(C(N)c2cccc(F)c2)c1. The molecule has 0 aliphatic rings. The second kappa shape index (κ2) is 3.82. The molecule has 1 atom stereocenters. The van der Waals surface area contributed by atoms with Crippen LogP contribution >= 0.6 is 0 Å². The predicted octanol–water partition coefficient (Wildman–Crippen LogP) is 1.61. The van der Waals surface area contributed by atoms with Crippen LogP contribution in [-0.4, -0.2) is 9.55 Å². The van der Waals surface area contributed by atoms with Crippen LogP contribution < -0.4 is 5.73 Å². The van der Waals surface area contributed by atoms with Gasteiger partial charge in [0.25, 0.3) is 0 Å². The molecule has 3 nitrogen and oxygen atoms in total. The quantitative estimate of drug-likeness (QED) is 0.809. The summed E-state index contributed by atoms with van der Waals surface area (Å²) in [6.07, 6.45) is 3.50. The van der Waals surface area contributed by atoms with Gasteiger partial charge in [-0.25, -0.2) is 9.37 Å². The average molecular weight is 205 g/mol. The van der Waals surface area contributed by atoms with Crippen molar-refractivity contribution in [3.05, 3.63) is 53.9 Å². The lowest BCUT2D eigenvalue weighted by Crippen LogP contribution is -2.12. The molecular weight excluding hydrogens is 193 g/mol. The number of hydrogen-bond acceptors (Lipinski definition) is 2. The molecule has 78 valence electrons. The minimum Gasteiger partial charge on any atom is -0.340 e. The van der Waals surface area contributed by atoms with Crippen LogP contribution in [0.25, 0.3) is 0 Å². The highest BCUT2D eigenvalue weighted by molar-refractivity contribution is 5.26. The largest absolute Gasteiger partial charge is 0.340 e. The first-order chi connectivity index (χ1) is 7.16. The van der Waals surface area contributed by atoms with Gasteiger partial charge in [-0.2, -0.15) is 0 Å². The minimum absolute atomic E-state index is 0.279. The van der Waals surface area contributed by atoms with Gasteiger partial charge < -0.3 is 10.3 Å². The fourth-order valence-electron chi connectivity index (χ4n) is 1.46. The fourth-order valence-corrected chi connectivity index (χ4v) is 1.46. The molecule has 1 aromatic carbocycles. The molecule has 1 heterocycles. The number of halogens is 1. The van der Waals surface area contributed by atoms with Crippen LogP contribution in [0, 0.1) is 5.82 Å². The van der Waals surface area contributed by atoms with E-state index in [2.05, 4.69) is 4.98 Å². The highest BCUT2D eigenvalue weighted by Crippen LogP contribution is 2.18. The number of benzene rings is 1. The molecule has 0 saturated heterocycles. The van der Waals surface area contributed by atoms with E-state index in [0.29, 0.717) is 0 Å². The van der Waals surface area contributed by atoms with Gasteiger partial charge in [0.05, 0.1) is 18.1 Å². The van der Waals surface area contributed by atoms with Crippen molar-refractivity contribution >= 4 is 0 Å². The summed E-state index contributed by atoms with van der Waals surface area (Å²) in [4.78, 5) is 4.14. The Balaban J connectivity index is 2.32. The van der Waals surface area contributed by atoms with E-state index >= 15 is 0 Å². The highest BCUT2D eigenvalue weighted by atomic mass is 19.1. The van der Waals surface area contributed by atoms with Crippen molar-refractivity contribution in [1.29, 1.82) is 0 Å². The van der Waals surface area contributed by atoms with Gasteiger partial charge in [0.15, 0.2) is 0 Å². The molecule has 0 saturated carbocycles. The van der Waals surface area contributed by atoms with E-state index in [1.54, 1.807) is 18.5 Å². The molecule has 1 aromatic heterocycles. The molecule has 1 unspecified atom stereocenters. The summed E-state index contributed by atoms with van der Waals surface area (Å²) in [7, 11) is 1.87. The van der Waals surface area contributed by atoms with Crippen LogP contribution in [0.15, 0.2) is 36.8 Å². The number of aryl methyl sites for hydroxylation is 1. The lowest BCUT2D eigenvalue weighted by Gasteiger charge is -2.08. The molecule has 2 rings (SSSR count). The monoisotopic (exact) mass is 205 g/mol. The Morgan fingerprint density at radius 1 is 1.47 bits per heavy atom.